The lowest BCUT2D eigenvalue weighted by Crippen LogP contribution is -1.93. The van der Waals surface area contributed by atoms with Crippen LogP contribution < -0.4 is 0 Å². The van der Waals surface area contributed by atoms with Gasteiger partial charge in [-0.25, -0.2) is 0 Å². The van der Waals surface area contributed by atoms with Crippen molar-refractivity contribution in [2.45, 2.75) is 6.92 Å². The second-order valence-electron chi connectivity index (χ2n) is 5.94. The molecule has 0 amide bonds. The third kappa shape index (κ3) is 2.53. The van der Waals surface area contributed by atoms with E-state index in [2.05, 4.69) is 97.9 Å². The summed E-state index contributed by atoms with van der Waals surface area (Å²) in [5.41, 5.74) is 9.04. The molecule has 0 saturated heterocycles. The highest BCUT2D eigenvalue weighted by Gasteiger charge is 2.17. The van der Waals surface area contributed by atoms with Crippen LogP contribution in [-0.4, -0.2) is 0 Å². The first-order chi connectivity index (χ1) is 11.3. The molecule has 0 spiro atoms. The molecule has 0 N–H and O–H groups in total. The SMILES string of the molecule is Cc1ccc2c(c1)C=CC2=C(c1ccccc1)c1ccccc1. The quantitative estimate of drug-likeness (QED) is 0.545. The van der Waals surface area contributed by atoms with Crippen LogP contribution in [0.25, 0.3) is 17.2 Å². The largest absolute Gasteiger partial charge is 0.0622 e. The first-order valence-corrected chi connectivity index (χ1v) is 7.97. The fourth-order valence-corrected chi connectivity index (χ4v) is 3.23. The van der Waals surface area contributed by atoms with Crippen molar-refractivity contribution < 1.29 is 0 Å². The van der Waals surface area contributed by atoms with Crippen LogP contribution in [0, 0.1) is 6.92 Å². The summed E-state index contributed by atoms with van der Waals surface area (Å²) in [5.74, 6) is 0. The Morgan fingerprint density at radius 3 is 1.87 bits per heavy atom. The fraction of sp³-hybridized carbons (Fsp3) is 0.0435. The van der Waals surface area contributed by atoms with E-state index < -0.39 is 0 Å². The van der Waals surface area contributed by atoms with Crippen molar-refractivity contribution in [3.05, 3.63) is 113 Å². The van der Waals surface area contributed by atoms with Crippen LogP contribution in [0.1, 0.15) is 27.8 Å². The van der Waals surface area contributed by atoms with Gasteiger partial charge in [0.25, 0.3) is 0 Å². The molecule has 0 nitrogen and oxygen atoms in total. The smallest absolute Gasteiger partial charge is 0.00326 e. The molecule has 3 aromatic carbocycles. The lowest BCUT2D eigenvalue weighted by atomic mass is 9.90. The minimum absolute atomic E-state index is 1.26. The molecule has 23 heavy (non-hydrogen) atoms. The minimum atomic E-state index is 1.26. The van der Waals surface area contributed by atoms with Gasteiger partial charge in [0.15, 0.2) is 0 Å². The number of aryl methyl sites for hydroxylation is 1. The van der Waals surface area contributed by atoms with Gasteiger partial charge in [-0.05, 0) is 40.3 Å². The number of fused-ring (bicyclic) bond motifs is 1. The van der Waals surface area contributed by atoms with E-state index >= 15 is 0 Å². The van der Waals surface area contributed by atoms with Crippen LogP contribution in [0.3, 0.4) is 0 Å². The molecular weight excluding hydrogens is 276 g/mol. The Labute approximate surface area is 137 Å². The van der Waals surface area contributed by atoms with Gasteiger partial charge in [0.05, 0.1) is 0 Å². The summed E-state index contributed by atoms with van der Waals surface area (Å²) < 4.78 is 0. The highest BCUT2D eigenvalue weighted by molar-refractivity contribution is 6.07. The molecule has 0 saturated carbocycles. The van der Waals surface area contributed by atoms with Crippen molar-refractivity contribution in [1.29, 1.82) is 0 Å². The fourth-order valence-electron chi connectivity index (χ4n) is 3.23. The standard InChI is InChI=1S/C23H18/c1-17-12-14-21-20(16-17)13-15-22(21)23(18-8-4-2-5-9-18)19-10-6-3-7-11-19/h2-16H,1H3. The van der Waals surface area contributed by atoms with Crippen LogP contribution in [0.4, 0.5) is 0 Å². The second kappa shape index (κ2) is 5.73. The van der Waals surface area contributed by atoms with Gasteiger partial charge in [0, 0.05) is 0 Å². The third-order valence-corrected chi connectivity index (χ3v) is 4.32. The highest BCUT2D eigenvalue weighted by atomic mass is 14.2. The molecule has 0 atom stereocenters. The predicted octanol–water partition coefficient (Wildman–Crippen LogP) is 5.98. The number of rotatable bonds is 2. The molecule has 0 aliphatic heterocycles. The Balaban J connectivity index is 2.00. The second-order valence-corrected chi connectivity index (χ2v) is 5.94. The summed E-state index contributed by atoms with van der Waals surface area (Å²) in [6.07, 6.45) is 4.48. The topological polar surface area (TPSA) is 0 Å². The Kier molecular flexibility index (Phi) is 3.44. The van der Waals surface area contributed by atoms with Crippen molar-refractivity contribution >= 4 is 17.2 Å². The molecule has 4 rings (SSSR count). The van der Waals surface area contributed by atoms with E-state index in [1.807, 2.05) is 0 Å². The molecule has 0 aromatic heterocycles. The van der Waals surface area contributed by atoms with Gasteiger partial charge in [0.1, 0.15) is 0 Å². The summed E-state index contributed by atoms with van der Waals surface area (Å²) in [7, 11) is 0. The monoisotopic (exact) mass is 294 g/mol. The van der Waals surface area contributed by atoms with Gasteiger partial charge in [-0.15, -0.1) is 0 Å². The Morgan fingerprint density at radius 2 is 1.26 bits per heavy atom. The van der Waals surface area contributed by atoms with Crippen LogP contribution in [0.15, 0.2) is 84.9 Å². The van der Waals surface area contributed by atoms with Crippen molar-refractivity contribution in [2.24, 2.45) is 0 Å². The van der Waals surface area contributed by atoms with Crippen LogP contribution in [-0.2, 0) is 0 Å². The number of benzene rings is 3. The molecule has 0 heteroatoms. The summed E-state index contributed by atoms with van der Waals surface area (Å²) in [6, 6.07) is 28.0. The Bertz CT molecular complexity index is 856. The van der Waals surface area contributed by atoms with E-state index in [4.69, 9.17) is 0 Å². The maximum atomic E-state index is 2.26. The lowest BCUT2D eigenvalue weighted by Gasteiger charge is -2.13. The van der Waals surface area contributed by atoms with Gasteiger partial charge in [-0.3, -0.25) is 0 Å². The lowest BCUT2D eigenvalue weighted by molar-refractivity contribution is 1.44. The minimum Gasteiger partial charge on any atom is -0.0622 e. The van der Waals surface area contributed by atoms with E-state index in [1.54, 1.807) is 0 Å². The van der Waals surface area contributed by atoms with Crippen molar-refractivity contribution in [3.8, 4) is 0 Å². The van der Waals surface area contributed by atoms with Crippen LogP contribution in [0.5, 0.6) is 0 Å². The molecular formula is C23H18. The molecule has 1 aliphatic rings. The average molecular weight is 294 g/mol. The van der Waals surface area contributed by atoms with Crippen molar-refractivity contribution in [1.82, 2.24) is 0 Å². The molecule has 1 aliphatic carbocycles. The predicted molar refractivity (Wildman–Crippen MR) is 99.0 cm³/mol. The van der Waals surface area contributed by atoms with Gasteiger partial charge in [-0.2, -0.15) is 0 Å². The Hall–Kier alpha value is -2.86. The molecule has 110 valence electrons. The number of hydrogen-bond donors (Lipinski definition) is 0. The van der Waals surface area contributed by atoms with Gasteiger partial charge >= 0.3 is 0 Å². The first-order valence-electron chi connectivity index (χ1n) is 7.97. The zero-order valence-corrected chi connectivity index (χ0v) is 13.2. The summed E-state index contributed by atoms with van der Waals surface area (Å²) in [4.78, 5) is 0. The van der Waals surface area contributed by atoms with E-state index in [0.717, 1.165) is 0 Å². The number of allylic oxidation sites excluding steroid dienone is 2. The first kappa shape index (κ1) is 13.8. The normalized spacial score (nSPS) is 12.3. The van der Waals surface area contributed by atoms with Gasteiger partial charge in [-0.1, -0.05) is 96.6 Å². The number of hydrogen-bond acceptors (Lipinski definition) is 0. The zero-order valence-electron chi connectivity index (χ0n) is 13.2. The third-order valence-electron chi connectivity index (χ3n) is 4.32. The summed E-state index contributed by atoms with van der Waals surface area (Å²) in [5, 5.41) is 0. The zero-order chi connectivity index (χ0) is 15.6. The van der Waals surface area contributed by atoms with E-state index in [9.17, 15) is 0 Å². The van der Waals surface area contributed by atoms with Gasteiger partial charge in [0.2, 0.25) is 0 Å². The molecule has 0 radical (unpaired) electrons. The average Bonchev–Trinajstić information content (AvgIpc) is 3.00. The summed E-state index contributed by atoms with van der Waals surface area (Å²) >= 11 is 0. The maximum Gasteiger partial charge on any atom is -0.00326 e. The maximum absolute atomic E-state index is 2.26. The molecule has 0 bridgehead atoms. The molecule has 0 heterocycles. The summed E-state index contributed by atoms with van der Waals surface area (Å²) in [6.45, 7) is 2.14. The molecule has 0 unspecified atom stereocenters. The van der Waals surface area contributed by atoms with E-state index in [1.165, 1.54) is 39.0 Å². The van der Waals surface area contributed by atoms with Crippen LogP contribution >= 0.6 is 0 Å². The van der Waals surface area contributed by atoms with Crippen molar-refractivity contribution in [3.63, 3.8) is 0 Å². The Morgan fingerprint density at radius 1 is 0.652 bits per heavy atom. The highest BCUT2D eigenvalue weighted by Crippen LogP contribution is 2.38. The molecule has 0 fully saturated rings. The van der Waals surface area contributed by atoms with Gasteiger partial charge < -0.3 is 0 Å². The van der Waals surface area contributed by atoms with E-state index in [0.29, 0.717) is 0 Å². The van der Waals surface area contributed by atoms with Crippen molar-refractivity contribution in [2.75, 3.05) is 0 Å². The molecule has 3 aromatic rings. The van der Waals surface area contributed by atoms with Crippen LogP contribution in [0.2, 0.25) is 0 Å². The van der Waals surface area contributed by atoms with E-state index in [-0.39, 0.29) is 0 Å².